The van der Waals surface area contributed by atoms with Crippen molar-refractivity contribution in [3.05, 3.63) is 12.2 Å². The molecule has 0 heterocycles. The minimum Gasteiger partial charge on any atom is -0.480 e. The van der Waals surface area contributed by atoms with Crippen LogP contribution in [0.15, 0.2) is 17.1 Å². The van der Waals surface area contributed by atoms with Crippen molar-refractivity contribution in [3.63, 3.8) is 0 Å². The number of carbonyl (C=O) groups is 1. The van der Waals surface area contributed by atoms with Gasteiger partial charge in [-0.3, -0.25) is 9.79 Å². The number of aliphatic imine (C=N–C) groups is 1. The molecular weight excluding hydrogens is 182 g/mol. The van der Waals surface area contributed by atoms with Crippen molar-refractivity contribution in [1.29, 1.82) is 0 Å². The van der Waals surface area contributed by atoms with Crippen LogP contribution in [0.5, 0.6) is 0 Å². The van der Waals surface area contributed by atoms with Gasteiger partial charge in [-0.25, -0.2) is 0 Å². The van der Waals surface area contributed by atoms with E-state index >= 15 is 0 Å². The van der Waals surface area contributed by atoms with E-state index in [2.05, 4.69) is 4.99 Å². The molecule has 0 amide bonds. The van der Waals surface area contributed by atoms with Gasteiger partial charge < -0.3 is 16.6 Å². The smallest absolute Gasteiger partial charge is 0.320 e. The Bertz CT molecular complexity index is 232. The van der Waals surface area contributed by atoms with Gasteiger partial charge in [0, 0.05) is 6.54 Å². The molecule has 0 aromatic heterocycles. The number of hydrogen-bond donors (Lipinski definition) is 3. The lowest BCUT2D eigenvalue weighted by atomic mass is 10.2. The number of nitrogens with zero attached hydrogens (tertiary/aromatic N) is 1. The van der Waals surface area contributed by atoms with E-state index in [1.807, 2.05) is 6.08 Å². The molecule has 5 nitrogen and oxygen atoms in total. The second-order valence-electron chi connectivity index (χ2n) is 2.96. The fourth-order valence-corrected chi connectivity index (χ4v) is 0.777. The molecule has 0 unspecified atom stereocenters. The first-order valence-corrected chi connectivity index (χ1v) is 4.44. The monoisotopic (exact) mass is 199 g/mol. The summed E-state index contributed by atoms with van der Waals surface area (Å²) in [6.45, 7) is 2.35. The fourth-order valence-electron chi connectivity index (χ4n) is 0.777. The molecule has 0 fully saturated rings. The Hall–Kier alpha value is -1.36. The Morgan fingerprint density at radius 1 is 1.57 bits per heavy atom. The van der Waals surface area contributed by atoms with Gasteiger partial charge in [0.2, 0.25) is 0 Å². The molecule has 0 bridgehead atoms. The van der Waals surface area contributed by atoms with Crippen LogP contribution < -0.4 is 11.5 Å². The predicted octanol–water partition coefficient (Wildman–Crippen LogP) is 0.112. The summed E-state index contributed by atoms with van der Waals surface area (Å²) < 4.78 is 0. The number of carboxylic acid groups (broad SMARTS) is 1. The molecule has 14 heavy (non-hydrogen) atoms. The van der Waals surface area contributed by atoms with Crippen LogP contribution >= 0.6 is 0 Å². The van der Waals surface area contributed by atoms with E-state index in [4.69, 9.17) is 16.6 Å². The van der Waals surface area contributed by atoms with Gasteiger partial charge in [0.15, 0.2) is 0 Å². The number of carboxylic acids is 1. The summed E-state index contributed by atoms with van der Waals surface area (Å²) in [6, 6.07) is -0.814. The number of hydrogen-bond acceptors (Lipinski definition) is 3. The van der Waals surface area contributed by atoms with Crippen molar-refractivity contribution in [2.75, 3.05) is 6.54 Å². The van der Waals surface area contributed by atoms with Crippen molar-refractivity contribution < 1.29 is 9.90 Å². The molecule has 0 radical (unpaired) electrons. The zero-order chi connectivity index (χ0) is 11.0. The Balaban J connectivity index is 3.55. The summed E-state index contributed by atoms with van der Waals surface area (Å²) in [5, 5.41) is 8.46. The molecule has 0 aliphatic heterocycles. The number of rotatable bonds is 6. The molecule has 0 aromatic rings. The first-order chi connectivity index (χ1) is 6.54. The number of amidine groups is 1. The number of aliphatic carboxylic acids is 1. The van der Waals surface area contributed by atoms with E-state index in [1.54, 1.807) is 13.0 Å². The molecule has 0 aromatic carbocycles. The maximum Gasteiger partial charge on any atom is 0.320 e. The highest BCUT2D eigenvalue weighted by Gasteiger charge is 2.07. The highest BCUT2D eigenvalue weighted by atomic mass is 16.4. The van der Waals surface area contributed by atoms with Crippen molar-refractivity contribution in [3.8, 4) is 0 Å². The van der Waals surface area contributed by atoms with Crippen LogP contribution in [0.1, 0.15) is 19.8 Å². The molecule has 0 rings (SSSR count). The zero-order valence-electron chi connectivity index (χ0n) is 8.31. The average Bonchev–Trinajstić information content (AvgIpc) is 2.09. The first kappa shape index (κ1) is 12.6. The van der Waals surface area contributed by atoms with Crippen LogP contribution in [-0.2, 0) is 4.79 Å². The minimum absolute atomic E-state index is 0.348. The van der Waals surface area contributed by atoms with Crippen molar-refractivity contribution >= 4 is 11.8 Å². The molecule has 5 heteroatoms. The highest BCUT2D eigenvalue weighted by molar-refractivity contribution is 5.77. The minimum atomic E-state index is -0.981. The van der Waals surface area contributed by atoms with Crippen molar-refractivity contribution in [2.45, 2.75) is 25.8 Å². The standard InChI is InChI=1S/C9H17N3O2/c1-7(10)12-6-4-2-3-5-8(11)9(13)14/h2-3,8H,4-6,11H2,1H3,(H2,10,12)(H,13,14)/b3-2+/t8-/m1/s1. The van der Waals surface area contributed by atoms with E-state index in [0.717, 1.165) is 6.42 Å². The van der Waals surface area contributed by atoms with E-state index in [0.29, 0.717) is 18.8 Å². The van der Waals surface area contributed by atoms with Gasteiger partial charge in [0.1, 0.15) is 6.04 Å². The third-order valence-corrected chi connectivity index (χ3v) is 1.53. The molecular formula is C9H17N3O2. The van der Waals surface area contributed by atoms with Crippen molar-refractivity contribution in [2.24, 2.45) is 16.5 Å². The highest BCUT2D eigenvalue weighted by Crippen LogP contribution is 1.92. The average molecular weight is 199 g/mol. The summed E-state index contributed by atoms with van der Waals surface area (Å²) in [6.07, 6.45) is 4.71. The molecule has 80 valence electrons. The topological polar surface area (TPSA) is 102 Å². The lowest BCUT2D eigenvalue weighted by Crippen LogP contribution is -2.29. The van der Waals surface area contributed by atoms with Crippen LogP contribution in [-0.4, -0.2) is 29.5 Å². The van der Waals surface area contributed by atoms with Crippen LogP contribution in [0.2, 0.25) is 0 Å². The fraction of sp³-hybridized carbons (Fsp3) is 0.556. The molecule has 0 aliphatic rings. The molecule has 0 saturated heterocycles. The van der Waals surface area contributed by atoms with Gasteiger partial charge in [-0.15, -0.1) is 0 Å². The Kier molecular flexibility index (Phi) is 6.39. The van der Waals surface area contributed by atoms with Gasteiger partial charge in [-0.2, -0.15) is 0 Å². The Labute approximate surface area is 83.5 Å². The van der Waals surface area contributed by atoms with Gasteiger partial charge in [-0.05, 0) is 19.8 Å². The predicted molar refractivity (Wildman–Crippen MR) is 56.1 cm³/mol. The second-order valence-corrected chi connectivity index (χ2v) is 2.96. The van der Waals surface area contributed by atoms with E-state index in [9.17, 15) is 4.79 Å². The summed E-state index contributed by atoms with van der Waals surface area (Å²) in [5.74, 6) is -0.425. The summed E-state index contributed by atoms with van der Waals surface area (Å²) >= 11 is 0. The van der Waals surface area contributed by atoms with Crippen LogP contribution in [0.3, 0.4) is 0 Å². The Morgan fingerprint density at radius 3 is 2.71 bits per heavy atom. The Morgan fingerprint density at radius 2 is 2.21 bits per heavy atom. The van der Waals surface area contributed by atoms with E-state index in [1.165, 1.54) is 0 Å². The van der Waals surface area contributed by atoms with E-state index < -0.39 is 12.0 Å². The second kappa shape index (κ2) is 7.08. The SMILES string of the molecule is CC(N)=NCC/C=C/C[C@@H](N)C(=O)O. The lowest BCUT2D eigenvalue weighted by Gasteiger charge is -1.99. The van der Waals surface area contributed by atoms with Gasteiger partial charge in [0.25, 0.3) is 0 Å². The largest absolute Gasteiger partial charge is 0.480 e. The number of nitrogens with two attached hydrogens (primary N) is 2. The first-order valence-electron chi connectivity index (χ1n) is 4.44. The van der Waals surface area contributed by atoms with Crippen LogP contribution in [0.25, 0.3) is 0 Å². The quantitative estimate of drug-likeness (QED) is 0.244. The maximum atomic E-state index is 10.3. The normalized spacial score (nSPS) is 14.6. The summed E-state index contributed by atoms with van der Waals surface area (Å²) in [7, 11) is 0. The zero-order valence-corrected chi connectivity index (χ0v) is 8.31. The summed E-state index contributed by atoms with van der Waals surface area (Å²) in [4.78, 5) is 14.3. The molecule has 5 N–H and O–H groups in total. The lowest BCUT2D eigenvalue weighted by molar-refractivity contribution is -0.138. The molecule has 1 atom stereocenters. The van der Waals surface area contributed by atoms with Gasteiger partial charge >= 0.3 is 5.97 Å². The van der Waals surface area contributed by atoms with Gasteiger partial charge in [0.05, 0.1) is 5.84 Å². The molecule has 0 spiro atoms. The summed E-state index contributed by atoms with van der Waals surface area (Å²) in [5.41, 5.74) is 10.6. The molecule has 0 aliphatic carbocycles. The van der Waals surface area contributed by atoms with Crippen molar-refractivity contribution in [1.82, 2.24) is 0 Å². The third kappa shape index (κ3) is 7.30. The third-order valence-electron chi connectivity index (χ3n) is 1.53. The molecule has 0 saturated carbocycles. The maximum absolute atomic E-state index is 10.3. The van der Waals surface area contributed by atoms with E-state index in [-0.39, 0.29) is 0 Å². The van der Waals surface area contributed by atoms with Gasteiger partial charge in [-0.1, -0.05) is 12.2 Å². The van der Waals surface area contributed by atoms with Crippen LogP contribution in [0, 0.1) is 0 Å². The van der Waals surface area contributed by atoms with Crippen LogP contribution in [0.4, 0.5) is 0 Å².